The summed E-state index contributed by atoms with van der Waals surface area (Å²) in [4.78, 5) is 23.4. The fraction of sp³-hybridized carbons (Fsp3) is 0.818. The Morgan fingerprint density at radius 1 is 1.18 bits per heavy atom. The molecule has 0 aromatic rings. The first-order valence-electron chi connectivity index (χ1n) is 5.85. The zero-order chi connectivity index (χ0) is 12.7. The molecule has 0 saturated heterocycles. The van der Waals surface area contributed by atoms with Gasteiger partial charge in [-0.15, -0.1) is 23.2 Å². The van der Waals surface area contributed by atoms with E-state index in [1.807, 2.05) is 0 Å². The summed E-state index contributed by atoms with van der Waals surface area (Å²) >= 11 is 11.8. The second kappa shape index (κ2) is 4.32. The number of nitrogens with one attached hydrogen (secondary N) is 2. The van der Waals surface area contributed by atoms with E-state index >= 15 is 0 Å². The molecule has 1 atom stereocenters. The fourth-order valence-corrected chi connectivity index (χ4v) is 2.90. The molecule has 2 aliphatic carbocycles. The summed E-state index contributed by atoms with van der Waals surface area (Å²) in [5.41, 5.74) is 4.07. The number of carbonyl (C=O) groups is 2. The lowest BCUT2D eigenvalue weighted by Gasteiger charge is -2.15. The minimum atomic E-state index is -1.00. The van der Waals surface area contributed by atoms with Crippen LogP contribution in [0.2, 0.25) is 0 Å². The normalized spacial score (nSPS) is 31.0. The lowest BCUT2D eigenvalue weighted by molar-refractivity contribution is -0.133. The van der Waals surface area contributed by atoms with E-state index in [2.05, 4.69) is 10.9 Å². The Morgan fingerprint density at radius 3 is 2.18 bits per heavy atom. The van der Waals surface area contributed by atoms with Crippen molar-refractivity contribution in [1.29, 1.82) is 0 Å². The molecule has 4 nitrogen and oxygen atoms in total. The van der Waals surface area contributed by atoms with Crippen molar-refractivity contribution >= 4 is 35.0 Å². The standard InChI is InChI=1S/C11H16Cl2N2O2/c1-10(6-11(10,12)13)9(17)15-14-8(16)7-4-2-3-5-7/h7H,2-6H2,1H3,(H,14,16)(H,15,17). The van der Waals surface area contributed by atoms with Crippen molar-refractivity contribution in [3.05, 3.63) is 0 Å². The van der Waals surface area contributed by atoms with E-state index in [-0.39, 0.29) is 17.7 Å². The molecule has 6 heteroatoms. The van der Waals surface area contributed by atoms with E-state index in [4.69, 9.17) is 23.2 Å². The van der Waals surface area contributed by atoms with Crippen LogP contribution in [-0.4, -0.2) is 16.1 Å². The number of rotatable bonds is 2. The summed E-state index contributed by atoms with van der Waals surface area (Å²) < 4.78 is -1.00. The van der Waals surface area contributed by atoms with E-state index in [1.165, 1.54) is 0 Å². The molecule has 2 rings (SSSR count). The summed E-state index contributed by atoms with van der Waals surface area (Å²) in [5.74, 6) is -0.414. The summed E-state index contributed by atoms with van der Waals surface area (Å²) in [6.45, 7) is 1.68. The van der Waals surface area contributed by atoms with Gasteiger partial charge in [-0.05, 0) is 26.2 Å². The molecule has 2 N–H and O–H groups in total. The van der Waals surface area contributed by atoms with Gasteiger partial charge in [0.05, 0.1) is 5.41 Å². The first kappa shape index (κ1) is 13.0. The van der Waals surface area contributed by atoms with Crippen molar-refractivity contribution < 1.29 is 9.59 Å². The highest BCUT2D eigenvalue weighted by atomic mass is 35.5. The van der Waals surface area contributed by atoms with Crippen molar-refractivity contribution in [3.8, 4) is 0 Å². The van der Waals surface area contributed by atoms with Gasteiger partial charge in [-0.1, -0.05) is 12.8 Å². The fourth-order valence-electron chi connectivity index (χ4n) is 2.19. The van der Waals surface area contributed by atoms with Crippen LogP contribution in [0.1, 0.15) is 39.0 Å². The van der Waals surface area contributed by atoms with Crippen LogP contribution in [-0.2, 0) is 9.59 Å². The van der Waals surface area contributed by atoms with Crippen LogP contribution < -0.4 is 10.9 Å². The molecule has 2 amide bonds. The van der Waals surface area contributed by atoms with Gasteiger partial charge in [-0.25, -0.2) is 0 Å². The number of amides is 2. The molecule has 0 spiro atoms. The lowest BCUT2D eigenvalue weighted by atomic mass is 10.1. The Morgan fingerprint density at radius 2 is 1.71 bits per heavy atom. The average Bonchev–Trinajstić information content (AvgIpc) is 2.73. The highest BCUT2D eigenvalue weighted by molar-refractivity contribution is 6.53. The number of hydrazine groups is 1. The highest BCUT2D eigenvalue weighted by Crippen LogP contribution is 2.63. The maximum Gasteiger partial charge on any atom is 0.247 e. The van der Waals surface area contributed by atoms with E-state index in [1.54, 1.807) is 6.92 Å². The number of hydrogen-bond donors (Lipinski definition) is 2. The van der Waals surface area contributed by atoms with Crippen LogP contribution in [0.15, 0.2) is 0 Å². The molecule has 0 heterocycles. The predicted molar refractivity (Wildman–Crippen MR) is 65.4 cm³/mol. The summed E-state index contributed by atoms with van der Waals surface area (Å²) in [7, 11) is 0. The SMILES string of the molecule is CC1(C(=O)NNC(=O)C2CCCC2)CC1(Cl)Cl. The third kappa shape index (κ3) is 2.38. The summed E-state index contributed by atoms with van der Waals surface area (Å²) in [6, 6.07) is 0. The van der Waals surface area contributed by atoms with Gasteiger partial charge < -0.3 is 0 Å². The molecule has 0 aromatic carbocycles. The van der Waals surface area contributed by atoms with Gasteiger partial charge in [-0.3, -0.25) is 20.4 Å². The minimum absolute atomic E-state index is 0.0269. The Labute approximate surface area is 110 Å². The van der Waals surface area contributed by atoms with Crippen LogP contribution in [0.4, 0.5) is 0 Å². The van der Waals surface area contributed by atoms with Gasteiger partial charge in [0.15, 0.2) is 0 Å². The zero-order valence-corrected chi connectivity index (χ0v) is 11.2. The number of carbonyl (C=O) groups excluding carboxylic acids is 2. The van der Waals surface area contributed by atoms with Gasteiger partial charge >= 0.3 is 0 Å². The number of halogens is 2. The van der Waals surface area contributed by atoms with Crippen LogP contribution >= 0.6 is 23.2 Å². The maximum absolute atomic E-state index is 11.8. The zero-order valence-electron chi connectivity index (χ0n) is 9.69. The molecule has 0 radical (unpaired) electrons. The molecule has 96 valence electrons. The Hall–Kier alpha value is -0.480. The third-order valence-electron chi connectivity index (χ3n) is 3.78. The average molecular weight is 279 g/mol. The van der Waals surface area contributed by atoms with E-state index in [0.717, 1.165) is 25.7 Å². The van der Waals surface area contributed by atoms with Crippen LogP contribution in [0.3, 0.4) is 0 Å². The van der Waals surface area contributed by atoms with Gasteiger partial charge in [0.25, 0.3) is 0 Å². The molecular weight excluding hydrogens is 263 g/mol. The van der Waals surface area contributed by atoms with Crippen LogP contribution in [0, 0.1) is 11.3 Å². The van der Waals surface area contributed by atoms with Crippen LogP contribution in [0.5, 0.6) is 0 Å². The lowest BCUT2D eigenvalue weighted by Crippen LogP contribution is -2.47. The van der Waals surface area contributed by atoms with Gasteiger partial charge in [0, 0.05) is 5.92 Å². The molecule has 2 saturated carbocycles. The van der Waals surface area contributed by atoms with Crippen LogP contribution in [0.25, 0.3) is 0 Å². The van der Waals surface area contributed by atoms with Gasteiger partial charge in [-0.2, -0.15) is 0 Å². The summed E-state index contributed by atoms with van der Waals surface area (Å²) in [5, 5.41) is 0. The Bertz CT molecular complexity index is 353. The molecule has 0 aromatic heterocycles. The second-order valence-corrected chi connectivity index (χ2v) is 6.62. The molecule has 0 bridgehead atoms. The number of alkyl halides is 2. The quantitative estimate of drug-likeness (QED) is 0.599. The summed E-state index contributed by atoms with van der Waals surface area (Å²) in [6.07, 6.45) is 4.36. The minimum Gasteiger partial charge on any atom is -0.273 e. The topological polar surface area (TPSA) is 58.2 Å². The van der Waals surface area contributed by atoms with Crippen molar-refractivity contribution in [2.24, 2.45) is 11.3 Å². The Kier molecular flexibility index (Phi) is 3.29. The molecule has 0 aliphatic heterocycles. The maximum atomic E-state index is 11.8. The highest BCUT2D eigenvalue weighted by Gasteiger charge is 2.68. The van der Waals surface area contributed by atoms with Gasteiger partial charge in [0.1, 0.15) is 4.33 Å². The molecular formula is C11H16Cl2N2O2. The number of hydrogen-bond acceptors (Lipinski definition) is 2. The van der Waals surface area contributed by atoms with E-state index in [9.17, 15) is 9.59 Å². The third-order valence-corrected chi connectivity index (χ3v) is 4.89. The van der Waals surface area contributed by atoms with Crippen molar-refractivity contribution in [1.82, 2.24) is 10.9 Å². The Balaban J connectivity index is 1.79. The first-order chi connectivity index (χ1) is 7.87. The second-order valence-electron chi connectivity index (χ2n) is 5.14. The van der Waals surface area contributed by atoms with E-state index < -0.39 is 9.75 Å². The van der Waals surface area contributed by atoms with Gasteiger partial charge in [0.2, 0.25) is 11.8 Å². The van der Waals surface area contributed by atoms with E-state index in [0.29, 0.717) is 6.42 Å². The monoisotopic (exact) mass is 278 g/mol. The molecule has 1 unspecified atom stereocenters. The smallest absolute Gasteiger partial charge is 0.247 e. The molecule has 2 aliphatic rings. The first-order valence-corrected chi connectivity index (χ1v) is 6.60. The van der Waals surface area contributed by atoms with Crippen molar-refractivity contribution in [3.63, 3.8) is 0 Å². The molecule has 2 fully saturated rings. The van der Waals surface area contributed by atoms with Crippen molar-refractivity contribution in [2.45, 2.75) is 43.4 Å². The largest absolute Gasteiger partial charge is 0.273 e. The van der Waals surface area contributed by atoms with Crippen molar-refractivity contribution in [2.75, 3.05) is 0 Å². The predicted octanol–water partition coefficient (Wildman–Crippen LogP) is 1.91. The molecule has 17 heavy (non-hydrogen) atoms.